The number of rotatable bonds is 5. The number of aryl methyl sites for hydroxylation is 1. The highest BCUT2D eigenvalue weighted by molar-refractivity contribution is 5.84. The molecule has 1 aromatic rings. The average Bonchev–Trinajstić information content (AvgIpc) is 2.20. The molecule has 9 heteroatoms. The number of hydrogen-bond donors (Lipinski definition) is 4. The zero-order chi connectivity index (χ0) is 13.9. The maximum absolute atomic E-state index is 11.1. The molecule has 1 heterocycles. The fourth-order valence-corrected chi connectivity index (χ4v) is 1.25. The summed E-state index contributed by atoms with van der Waals surface area (Å²) in [6.45, 7) is 1.53. The monoisotopic (exact) mass is 255 g/mol. The molecule has 0 aromatic carbocycles. The minimum absolute atomic E-state index is 0.00532. The second kappa shape index (κ2) is 5.17. The summed E-state index contributed by atoms with van der Waals surface area (Å²) >= 11 is 0. The van der Waals surface area contributed by atoms with Crippen LogP contribution in [0.3, 0.4) is 0 Å². The molecule has 1 unspecified atom stereocenters. The van der Waals surface area contributed by atoms with Gasteiger partial charge in [0.05, 0.1) is 12.1 Å². The van der Waals surface area contributed by atoms with Crippen molar-refractivity contribution in [1.29, 1.82) is 0 Å². The zero-order valence-electron chi connectivity index (χ0n) is 9.58. The van der Waals surface area contributed by atoms with E-state index in [1.165, 1.54) is 6.92 Å². The molecule has 0 saturated heterocycles. The Morgan fingerprint density at radius 3 is 2.44 bits per heavy atom. The van der Waals surface area contributed by atoms with Gasteiger partial charge in [0, 0.05) is 0 Å². The molecule has 1 aromatic heterocycles. The van der Waals surface area contributed by atoms with Gasteiger partial charge in [-0.05, 0) is 6.92 Å². The summed E-state index contributed by atoms with van der Waals surface area (Å²) in [5.74, 6) is -2.29. The molecule has 0 fully saturated rings. The van der Waals surface area contributed by atoms with Gasteiger partial charge < -0.3 is 27.0 Å². The van der Waals surface area contributed by atoms with Crippen molar-refractivity contribution < 1.29 is 19.4 Å². The van der Waals surface area contributed by atoms with Gasteiger partial charge in [0.2, 0.25) is 5.95 Å². The standard InChI is InChI=1S/C9H13N5O4/c1-3-6(7(10)14-9(12)13-3)18-4(8(11)17)2-5(15)16/h4H,2H2,1H3,(H2,11,17)(H,15,16)(H4,10,12,13,14). The van der Waals surface area contributed by atoms with Gasteiger partial charge in [-0.25, -0.2) is 4.98 Å². The third kappa shape index (κ3) is 3.20. The van der Waals surface area contributed by atoms with Crippen LogP contribution in [0.15, 0.2) is 0 Å². The first-order chi connectivity index (χ1) is 8.31. The summed E-state index contributed by atoms with van der Waals surface area (Å²) in [7, 11) is 0. The van der Waals surface area contributed by atoms with Gasteiger partial charge in [0.15, 0.2) is 17.7 Å². The van der Waals surface area contributed by atoms with Crippen molar-refractivity contribution in [2.75, 3.05) is 11.5 Å². The number of hydrogen-bond acceptors (Lipinski definition) is 7. The maximum Gasteiger partial charge on any atom is 0.307 e. The quantitative estimate of drug-likeness (QED) is 0.501. The van der Waals surface area contributed by atoms with E-state index in [0.29, 0.717) is 0 Å². The van der Waals surface area contributed by atoms with Crippen molar-refractivity contribution in [2.24, 2.45) is 5.73 Å². The van der Waals surface area contributed by atoms with Crippen molar-refractivity contribution in [3.05, 3.63) is 5.69 Å². The maximum atomic E-state index is 11.1. The van der Waals surface area contributed by atoms with Crippen LogP contribution >= 0.6 is 0 Å². The Bertz CT molecular complexity index is 467. The highest BCUT2D eigenvalue weighted by Gasteiger charge is 2.23. The lowest BCUT2D eigenvalue weighted by Gasteiger charge is -2.16. The highest BCUT2D eigenvalue weighted by Crippen LogP contribution is 2.25. The van der Waals surface area contributed by atoms with Crippen LogP contribution in [0, 0.1) is 6.92 Å². The highest BCUT2D eigenvalue weighted by atomic mass is 16.5. The molecule has 7 N–H and O–H groups in total. The number of carboxylic acids is 1. The van der Waals surface area contributed by atoms with Gasteiger partial charge in [0.25, 0.3) is 5.91 Å². The minimum Gasteiger partial charge on any atom is -0.481 e. The number of aliphatic carboxylic acids is 1. The number of carbonyl (C=O) groups is 2. The number of nitrogens with two attached hydrogens (primary N) is 3. The van der Waals surface area contributed by atoms with Gasteiger partial charge in [-0.3, -0.25) is 9.59 Å². The third-order valence-electron chi connectivity index (χ3n) is 2.02. The van der Waals surface area contributed by atoms with E-state index in [0.717, 1.165) is 0 Å². The number of ether oxygens (including phenoxy) is 1. The first-order valence-electron chi connectivity index (χ1n) is 4.88. The van der Waals surface area contributed by atoms with Crippen molar-refractivity contribution in [3.8, 4) is 5.75 Å². The molecule has 0 bridgehead atoms. The number of nitrogens with zero attached hydrogens (tertiary/aromatic N) is 2. The number of nitrogen functional groups attached to an aromatic ring is 2. The molecule has 0 aliphatic heterocycles. The van der Waals surface area contributed by atoms with Crippen LogP contribution in [0.4, 0.5) is 11.8 Å². The lowest BCUT2D eigenvalue weighted by Crippen LogP contribution is -2.36. The van der Waals surface area contributed by atoms with Crippen molar-refractivity contribution in [2.45, 2.75) is 19.4 Å². The van der Waals surface area contributed by atoms with E-state index < -0.39 is 24.4 Å². The summed E-state index contributed by atoms with van der Waals surface area (Å²) in [5, 5.41) is 8.62. The minimum atomic E-state index is -1.35. The predicted molar refractivity (Wildman–Crippen MR) is 61.5 cm³/mol. The van der Waals surface area contributed by atoms with Gasteiger partial charge in [-0.1, -0.05) is 0 Å². The number of aromatic nitrogens is 2. The second-order valence-electron chi connectivity index (χ2n) is 3.49. The molecule has 0 radical (unpaired) electrons. The largest absolute Gasteiger partial charge is 0.481 e. The molecule has 0 spiro atoms. The Hall–Kier alpha value is -2.58. The van der Waals surface area contributed by atoms with Crippen LogP contribution in [0.2, 0.25) is 0 Å². The van der Waals surface area contributed by atoms with Crippen LogP contribution in [-0.2, 0) is 9.59 Å². The summed E-state index contributed by atoms with van der Waals surface area (Å²) in [4.78, 5) is 29.0. The molecule has 1 rings (SSSR count). The van der Waals surface area contributed by atoms with Crippen LogP contribution in [-0.4, -0.2) is 33.1 Å². The summed E-state index contributed by atoms with van der Waals surface area (Å²) < 4.78 is 5.14. The molecule has 9 nitrogen and oxygen atoms in total. The predicted octanol–water partition coefficient (Wildman–Crippen LogP) is -1.34. The molecule has 1 amide bonds. The average molecular weight is 255 g/mol. The Labute approximate surface area is 102 Å². The van der Waals surface area contributed by atoms with E-state index in [1.807, 2.05) is 0 Å². The van der Waals surface area contributed by atoms with E-state index >= 15 is 0 Å². The van der Waals surface area contributed by atoms with Crippen molar-refractivity contribution in [1.82, 2.24) is 9.97 Å². The molecule has 0 aliphatic rings. The summed E-state index contributed by atoms with van der Waals surface area (Å²) in [6, 6.07) is 0. The lowest BCUT2D eigenvalue weighted by atomic mass is 10.2. The number of anilines is 2. The number of carbonyl (C=O) groups excluding carboxylic acids is 1. The van der Waals surface area contributed by atoms with Crippen molar-refractivity contribution >= 4 is 23.6 Å². The van der Waals surface area contributed by atoms with E-state index in [1.54, 1.807) is 0 Å². The van der Waals surface area contributed by atoms with Gasteiger partial charge in [-0.15, -0.1) is 0 Å². The Morgan fingerprint density at radius 1 is 1.39 bits per heavy atom. The lowest BCUT2D eigenvalue weighted by molar-refractivity contribution is -0.142. The fraction of sp³-hybridized carbons (Fsp3) is 0.333. The van der Waals surface area contributed by atoms with Crippen molar-refractivity contribution in [3.63, 3.8) is 0 Å². The Morgan fingerprint density at radius 2 is 2.00 bits per heavy atom. The first-order valence-corrected chi connectivity index (χ1v) is 4.88. The normalized spacial score (nSPS) is 11.8. The topological polar surface area (TPSA) is 167 Å². The molecular weight excluding hydrogens is 242 g/mol. The SMILES string of the molecule is Cc1nc(N)nc(N)c1OC(CC(=O)O)C(N)=O. The molecule has 98 valence electrons. The van der Waals surface area contributed by atoms with E-state index in [-0.39, 0.29) is 23.2 Å². The van der Waals surface area contributed by atoms with E-state index in [2.05, 4.69) is 9.97 Å². The Balaban J connectivity index is 3.01. The van der Waals surface area contributed by atoms with E-state index in [4.69, 9.17) is 27.0 Å². The second-order valence-corrected chi connectivity index (χ2v) is 3.49. The molecule has 1 atom stereocenters. The zero-order valence-corrected chi connectivity index (χ0v) is 9.58. The summed E-state index contributed by atoms with van der Waals surface area (Å²) in [5.41, 5.74) is 16.2. The summed E-state index contributed by atoms with van der Waals surface area (Å²) in [6.07, 6.45) is -1.94. The molecule has 0 aliphatic carbocycles. The van der Waals surface area contributed by atoms with Gasteiger partial charge >= 0.3 is 5.97 Å². The van der Waals surface area contributed by atoms with E-state index in [9.17, 15) is 9.59 Å². The smallest absolute Gasteiger partial charge is 0.307 e. The molecule has 0 saturated carbocycles. The van der Waals surface area contributed by atoms with Gasteiger partial charge in [0.1, 0.15) is 0 Å². The molecular formula is C9H13N5O4. The Kier molecular flexibility index (Phi) is 3.87. The van der Waals surface area contributed by atoms with Crippen LogP contribution < -0.4 is 21.9 Å². The third-order valence-corrected chi connectivity index (χ3v) is 2.02. The number of primary amides is 1. The van der Waals surface area contributed by atoms with Crippen LogP contribution in [0.25, 0.3) is 0 Å². The van der Waals surface area contributed by atoms with Crippen LogP contribution in [0.5, 0.6) is 5.75 Å². The number of carboxylic acid groups (broad SMARTS) is 1. The molecule has 18 heavy (non-hydrogen) atoms. The fourth-order valence-electron chi connectivity index (χ4n) is 1.25. The number of amides is 1. The first kappa shape index (κ1) is 13.5. The van der Waals surface area contributed by atoms with Crippen LogP contribution in [0.1, 0.15) is 12.1 Å². The van der Waals surface area contributed by atoms with Gasteiger partial charge in [-0.2, -0.15) is 4.98 Å².